The van der Waals surface area contributed by atoms with Crippen LogP contribution in [-0.2, 0) is 9.53 Å². The van der Waals surface area contributed by atoms with Crippen molar-refractivity contribution >= 4 is 34.4 Å². The van der Waals surface area contributed by atoms with Crippen molar-refractivity contribution in [3.63, 3.8) is 0 Å². The summed E-state index contributed by atoms with van der Waals surface area (Å²) in [5.74, 6) is 0.527. The zero-order chi connectivity index (χ0) is 25.2. The average Bonchev–Trinajstić information content (AvgIpc) is 3.20. The van der Waals surface area contributed by atoms with Gasteiger partial charge in [-0.1, -0.05) is 24.1 Å². The maximum Gasteiger partial charge on any atom is 0.306 e. The molecule has 8 heteroatoms. The molecule has 1 fully saturated rings. The Morgan fingerprint density at radius 2 is 2.03 bits per heavy atom. The number of hydrogen-bond acceptors (Lipinski definition) is 6. The third kappa shape index (κ3) is 6.01. The minimum Gasteiger partial charge on any atom is -0.492 e. The molecular weight excluding hydrogens is 469 g/mol. The first-order chi connectivity index (χ1) is 16.6. The Morgan fingerprint density at radius 1 is 1.23 bits per heavy atom. The summed E-state index contributed by atoms with van der Waals surface area (Å²) < 4.78 is 25.7. The zero-order valence-corrected chi connectivity index (χ0v) is 21.3. The number of halogens is 2. The van der Waals surface area contributed by atoms with Gasteiger partial charge in [0.2, 0.25) is 5.95 Å². The molecule has 3 aromatic rings. The first kappa shape index (κ1) is 25.2. The third-order valence-corrected chi connectivity index (χ3v) is 6.42. The molecule has 35 heavy (non-hydrogen) atoms. The number of hydrogen-bond donors (Lipinski definition) is 1. The van der Waals surface area contributed by atoms with Gasteiger partial charge in [0.25, 0.3) is 0 Å². The second-order valence-electron chi connectivity index (χ2n) is 9.87. The van der Waals surface area contributed by atoms with E-state index in [4.69, 9.17) is 21.1 Å². The Labute approximate surface area is 210 Å². The predicted octanol–water partition coefficient (Wildman–Crippen LogP) is 6.80. The van der Waals surface area contributed by atoms with E-state index < -0.39 is 11.4 Å². The second-order valence-corrected chi connectivity index (χ2v) is 10.2. The molecule has 0 radical (unpaired) electrons. The highest BCUT2D eigenvalue weighted by Gasteiger charge is 2.31. The van der Waals surface area contributed by atoms with E-state index in [-0.39, 0.29) is 28.5 Å². The third-order valence-electron chi connectivity index (χ3n) is 6.05. The monoisotopic (exact) mass is 499 g/mol. The van der Waals surface area contributed by atoms with Gasteiger partial charge in [-0.3, -0.25) is 4.79 Å². The van der Waals surface area contributed by atoms with Crippen LogP contribution in [0.5, 0.6) is 5.75 Å². The number of fused-ring (bicyclic) bond motifs is 1. The molecule has 1 aromatic heterocycles. The number of anilines is 1. The molecule has 0 saturated heterocycles. The first-order valence-electron chi connectivity index (χ1n) is 12.0. The molecule has 0 amide bonds. The smallest absolute Gasteiger partial charge is 0.306 e. The number of esters is 1. The van der Waals surface area contributed by atoms with Crippen molar-refractivity contribution in [2.24, 2.45) is 5.92 Å². The highest BCUT2D eigenvalue weighted by molar-refractivity contribution is 6.34. The van der Waals surface area contributed by atoms with Crippen LogP contribution in [0.1, 0.15) is 53.4 Å². The number of carbonyl (C=O) groups excluding carboxylic acids is 1. The number of nitrogens with zero attached hydrogens (tertiary/aromatic N) is 2. The summed E-state index contributed by atoms with van der Waals surface area (Å²) in [7, 11) is 0. The van der Waals surface area contributed by atoms with E-state index in [0.29, 0.717) is 30.3 Å². The fourth-order valence-corrected chi connectivity index (χ4v) is 4.87. The molecule has 1 heterocycles. The summed E-state index contributed by atoms with van der Waals surface area (Å²) in [4.78, 5) is 21.4. The van der Waals surface area contributed by atoms with Gasteiger partial charge in [0.05, 0.1) is 23.6 Å². The number of benzene rings is 2. The highest BCUT2D eigenvalue weighted by Crippen LogP contribution is 2.38. The maximum absolute atomic E-state index is 14.7. The van der Waals surface area contributed by atoms with Crippen molar-refractivity contribution in [2.75, 3.05) is 11.9 Å². The van der Waals surface area contributed by atoms with Crippen molar-refractivity contribution in [1.82, 2.24) is 9.97 Å². The Hall–Kier alpha value is -2.93. The molecule has 0 spiro atoms. The lowest BCUT2D eigenvalue weighted by atomic mass is 9.99. The predicted molar refractivity (Wildman–Crippen MR) is 136 cm³/mol. The lowest BCUT2D eigenvalue weighted by Crippen LogP contribution is -2.30. The van der Waals surface area contributed by atoms with E-state index >= 15 is 0 Å². The molecule has 6 nitrogen and oxygen atoms in total. The lowest BCUT2D eigenvalue weighted by molar-refractivity contribution is -0.156. The molecule has 1 N–H and O–H groups in total. The van der Waals surface area contributed by atoms with Crippen LogP contribution in [0, 0.1) is 11.7 Å². The molecular formula is C27H31ClFN3O3. The minimum atomic E-state index is -0.490. The van der Waals surface area contributed by atoms with E-state index in [9.17, 15) is 9.18 Å². The van der Waals surface area contributed by atoms with E-state index in [2.05, 4.69) is 15.3 Å². The molecule has 1 aliphatic rings. The number of ether oxygens (including phenoxy) is 2. The van der Waals surface area contributed by atoms with Gasteiger partial charge >= 0.3 is 5.97 Å². The van der Waals surface area contributed by atoms with E-state index in [1.54, 1.807) is 12.3 Å². The second kappa shape index (κ2) is 10.4. The maximum atomic E-state index is 14.7. The lowest BCUT2D eigenvalue weighted by Gasteiger charge is -2.24. The number of aromatic nitrogens is 2. The molecule has 1 aliphatic carbocycles. The van der Waals surface area contributed by atoms with Gasteiger partial charge in [0, 0.05) is 23.2 Å². The van der Waals surface area contributed by atoms with Gasteiger partial charge in [-0.2, -0.15) is 0 Å². The Balaban J connectivity index is 1.52. The van der Waals surface area contributed by atoms with Crippen LogP contribution >= 0.6 is 11.6 Å². The molecule has 4 rings (SSSR count). The zero-order valence-electron chi connectivity index (χ0n) is 20.5. The number of rotatable bonds is 7. The van der Waals surface area contributed by atoms with Gasteiger partial charge in [0.15, 0.2) is 0 Å². The minimum absolute atomic E-state index is 0.105. The molecule has 186 valence electrons. The van der Waals surface area contributed by atoms with Crippen LogP contribution in [0.25, 0.3) is 22.0 Å². The van der Waals surface area contributed by atoms with Crippen molar-refractivity contribution in [3.8, 4) is 16.9 Å². The summed E-state index contributed by atoms with van der Waals surface area (Å²) in [6, 6.07) is 8.43. The Morgan fingerprint density at radius 3 is 2.77 bits per heavy atom. The largest absolute Gasteiger partial charge is 0.492 e. The quantitative estimate of drug-likeness (QED) is 0.360. The van der Waals surface area contributed by atoms with Crippen LogP contribution in [0.3, 0.4) is 0 Å². The molecule has 0 bridgehead atoms. The molecule has 1 saturated carbocycles. The van der Waals surface area contributed by atoms with Crippen LogP contribution in [0.15, 0.2) is 36.5 Å². The first-order valence-corrected chi connectivity index (χ1v) is 12.4. The van der Waals surface area contributed by atoms with Crippen LogP contribution in [0.2, 0.25) is 5.02 Å². The standard InChI is InChI=1S/C27H31ClFN3O3/c1-5-34-22-12-10-19(29)24(25(22)28)17-9-11-21-18(13-17)15-30-26(32-21)31-20-8-6-7-16(20)14-23(33)35-27(2,3)4/h9-13,15-16,20H,5-8,14H2,1-4H3,(H,30,31,32)/t16-,20-/m1/s1. The van der Waals surface area contributed by atoms with Crippen molar-refractivity contribution < 1.29 is 18.7 Å². The fourth-order valence-electron chi connectivity index (χ4n) is 4.56. The van der Waals surface area contributed by atoms with Gasteiger partial charge < -0.3 is 14.8 Å². The SMILES string of the molecule is CCOc1ccc(F)c(-c2ccc3nc(N[C@@H]4CCC[C@@H]4CC(=O)OC(C)(C)C)ncc3c2)c1Cl. The molecule has 0 unspecified atom stereocenters. The number of nitrogens with one attached hydrogen (secondary N) is 1. The topological polar surface area (TPSA) is 73.3 Å². The Kier molecular flexibility index (Phi) is 7.45. The number of carbonyl (C=O) groups is 1. The van der Waals surface area contributed by atoms with Crippen LogP contribution in [-0.4, -0.2) is 34.2 Å². The van der Waals surface area contributed by atoms with Crippen molar-refractivity contribution in [2.45, 2.75) is 65.0 Å². The van der Waals surface area contributed by atoms with E-state index in [1.165, 1.54) is 12.1 Å². The van der Waals surface area contributed by atoms with Gasteiger partial charge in [-0.15, -0.1) is 0 Å². The highest BCUT2D eigenvalue weighted by atomic mass is 35.5. The Bertz CT molecular complexity index is 1230. The summed E-state index contributed by atoms with van der Waals surface area (Å²) >= 11 is 6.44. The van der Waals surface area contributed by atoms with Crippen LogP contribution < -0.4 is 10.1 Å². The summed E-state index contributed by atoms with van der Waals surface area (Å²) in [6.45, 7) is 7.92. The van der Waals surface area contributed by atoms with Gasteiger partial charge in [-0.25, -0.2) is 14.4 Å². The molecule has 2 atom stereocenters. The van der Waals surface area contributed by atoms with E-state index in [0.717, 1.165) is 30.2 Å². The van der Waals surface area contributed by atoms with Crippen molar-refractivity contribution in [1.29, 1.82) is 0 Å². The average molecular weight is 500 g/mol. The van der Waals surface area contributed by atoms with Crippen LogP contribution in [0.4, 0.5) is 10.3 Å². The molecule has 2 aromatic carbocycles. The van der Waals surface area contributed by atoms with Crippen molar-refractivity contribution in [3.05, 3.63) is 47.4 Å². The molecule has 0 aliphatic heterocycles. The summed E-state index contributed by atoms with van der Waals surface area (Å²) in [6.07, 6.45) is 5.03. The summed E-state index contributed by atoms with van der Waals surface area (Å²) in [5, 5.41) is 4.41. The van der Waals surface area contributed by atoms with Gasteiger partial charge in [0.1, 0.15) is 17.2 Å². The van der Waals surface area contributed by atoms with E-state index in [1.807, 2.05) is 39.8 Å². The van der Waals surface area contributed by atoms with Gasteiger partial charge in [-0.05, 0) is 76.3 Å². The summed E-state index contributed by atoms with van der Waals surface area (Å²) in [5.41, 5.74) is 1.15. The fraction of sp³-hybridized carbons (Fsp3) is 0.444. The normalized spacial score (nSPS) is 18.0.